The molecule has 0 fully saturated rings. The summed E-state index contributed by atoms with van der Waals surface area (Å²) in [6.45, 7) is 5.24. The Morgan fingerprint density at radius 1 is 1.60 bits per heavy atom. The molecule has 0 amide bonds. The fourth-order valence-corrected chi connectivity index (χ4v) is 2.70. The van der Waals surface area contributed by atoms with Crippen molar-refractivity contribution < 1.29 is 0 Å². The minimum absolute atomic E-state index is 0.518. The fourth-order valence-electron chi connectivity index (χ4n) is 1.06. The van der Waals surface area contributed by atoms with Gasteiger partial charge in [-0.3, -0.25) is 0 Å². The molecule has 2 aromatic rings. The van der Waals surface area contributed by atoms with E-state index in [9.17, 15) is 0 Å². The van der Waals surface area contributed by atoms with Gasteiger partial charge >= 0.3 is 0 Å². The molecule has 0 aromatic carbocycles. The van der Waals surface area contributed by atoms with Gasteiger partial charge in [0.05, 0.1) is 0 Å². The number of halogens is 2. The lowest BCUT2D eigenvalue weighted by molar-refractivity contribution is 0.687. The molecule has 0 aliphatic heterocycles. The van der Waals surface area contributed by atoms with E-state index in [1.165, 1.54) is 11.3 Å². The topological polar surface area (TPSA) is 42.2 Å². The van der Waals surface area contributed by atoms with Gasteiger partial charge in [-0.05, 0) is 28.5 Å². The number of nitrogens with one attached hydrogen (secondary N) is 1. The van der Waals surface area contributed by atoms with Crippen molar-refractivity contribution in [3.8, 4) is 0 Å². The summed E-state index contributed by atoms with van der Waals surface area (Å²) in [5.74, 6) is 0.601. The van der Waals surface area contributed by atoms with Crippen LogP contribution in [0.1, 0.15) is 13.8 Å². The van der Waals surface area contributed by atoms with E-state index in [1.807, 2.05) is 0 Å². The molecule has 82 valence electrons. The highest BCUT2D eigenvalue weighted by Crippen LogP contribution is 2.25. The number of rotatable bonds is 3. The zero-order valence-electron chi connectivity index (χ0n) is 8.29. The molecule has 0 aliphatic rings. The van der Waals surface area contributed by atoms with E-state index in [0.29, 0.717) is 11.1 Å². The summed E-state index contributed by atoms with van der Waals surface area (Å²) in [7, 11) is 0. The van der Waals surface area contributed by atoms with Crippen molar-refractivity contribution in [3.05, 3.63) is 8.85 Å². The van der Waals surface area contributed by atoms with Crippen LogP contribution in [-0.4, -0.2) is 21.1 Å². The third kappa shape index (κ3) is 2.36. The summed E-state index contributed by atoms with van der Waals surface area (Å²) in [4.78, 5) is 5.03. The molecule has 15 heavy (non-hydrogen) atoms. The van der Waals surface area contributed by atoms with Crippen LogP contribution < -0.4 is 5.32 Å². The molecule has 1 N–H and O–H groups in total. The van der Waals surface area contributed by atoms with E-state index in [1.54, 1.807) is 4.52 Å². The Morgan fingerprint density at radius 2 is 2.33 bits per heavy atom. The Bertz CT molecular complexity index is 478. The molecule has 0 atom stereocenters. The Labute approximate surface area is 110 Å². The van der Waals surface area contributed by atoms with Gasteiger partial charge in [0.15, 0.2) is 5.15 Å². The maximum absolute atomic E-state index is 5.88. The molecule has 0 saturated carbocycles. The first-order chi connectivity index (χ1) is 7.08. The summed E-state index contributed by atoms with van der Waals surface area (Å²) in [5.41, 5.74) is 0. The van der Waals surface area contributed by atoms with Gasteiger partial charge in [0.25, 0.3) is 0 Å². The number of hydrogen-bond donors (Lipinski definition) is 1. The lowest BCUT2D eigenvalue weighted by atomic mass is 10.2. The van der Waals surface area contributed by atoms with E-state index in [-0.39, 0.29) is 0 Å². The SMILES string of the molecule is CC(C)CNc1nn2c(I)c(Cl)nc2s1. The largest absolute Gasteiger partial charge is 0.360 e. The molecule has 0 spiro atoms. The molecule has 0 aliphatic carbocycles. The van der Waals surface area contributed by atoms with Crippen molar-refractivity contribution in [3.63, 3.8) is 0 Å². The molecule has 7 heteroatoms. The van der Waals surface area contributed by atoms with Gasteiger partial charge in [-0.25, -0.2) is 4.98 Å². The van der Waals surface area contributed by atoms with Crippen LogP contribution in [0.15, 0.2) is 0 Å². The minimum atomic E-state index is 0.518. The van der Waals surface area contributed by atoms with Crippen LogP contribution >= 0.6 is 45.5 Å². The van der Waals surface area contributed by atoms with Crippen molar-refractivity contribution in [1.29, 1.82) is 0 Å². The number of fused-ring (bicyclic) bond motifs is 1. The van der Waals surface area contributed by atoms with E-state index in [2.05, 4.69) is 51.8 Å². The fraction of sp³-hybridized carbons (Fsp3) is 0.500. The second-order valence-electron chi connectivity index (χ2n) is 3.57. The molecule has 0 bridgehead atoms. The average Bonchev–Trinajstić information content (AvgIpc) is 2.66. The first kappa shape index (κ1) is 11.4. The first-order valence-electron chi connectivity index (χ1n) is 4.52. The molecule has 2 aromatic heterocycles. The van der Waals surface area contributed by atoms with Gasteiger partial charge in [0.2, 0.25) is 10.1 Å². The van der Waals surface area contributed by atoms with Gasteiger partial charge in [0.1, 0.15) is 3.70 Å². The summed E-state index contributed by atoms with van der Waals surface area (Å²) in [5, 5.41) is 9.05. The average molecular weight is 357 g/mol. The van der Waals surface area contributed by atoms with Crippen molar-refractivity contribution >= 4 is 55.6 Å². The predicted octanol–water partition coefficient (Wildman–Crippen LogP) is 3.12. The predicted molar refractivity (Wildman–Crippen MR) is 71.9 cm³/mol. The molecule has 2 heterocycles. The third-order valence-electron chi connectivity index (χ3n) is 1.77. The van der Waals surface area contributed by atoms with Crippen LogP contribution in [0.25, 0.3) is 4.96 Å². The standard InChI is InChI=1S/C8H10ClIN4S/c1-4(2)3-11-7-13-14-6(10)5(9)12-8(14)15-7/h4H,3H2,1-2H3,(H,11,13). The van der Waals surface area contributed by atoms with Crippen molar-refractivity contribution in [2.45, 2.75) is 13.8 Å². The quantitative estimate of drug-likeness (QED) is 0.859. The zero-order chi connectivity index (χ0) is 11.0. The number of aromatic nitrogens is 3. The van der Waals surface area contributed by atoms with E-state index < -0.39 is 0 Å². The van der Waals surface area contributed by atoms with E-state index >= 15 is 0 Å². The second-order valence-corrected chi connectivity index (χ2v) is 5.91. The number of hydrogen-bond acceptors (Lipinski definition) is 4. The normalized spacial score (nSPS) is 11.5. The van der Waals surface area contributed by atoms with Crippen LogP contribution in [0.5, 0.6) is 0 Å². The van der Waals surface area contributed by atoms with Gasteiger partial charge < -0.3 is 5.32 Å². The van der Waals surface area contributed by atoms with Crippen LogP contribution in [0.2, 0.25) is 5.15 Å². The molecule has 4 nitrogen and oxygen atoms in total. The Kier molecular flexibility index (Phi) is 3.36. The highest BCUT2D eigenvalue weighted by Gasteiger charge is 2.12. The lowest BCUT2D eigenvalue weighted by Gasteiger charge is -2.03. The zero-order valence-corrected chi connectivity index (χ0v) is 12.0. The summed E-state index contributed by atoms with van der Waals surface area (Å²) in [6, 6.07) is 0. The molecule has 0 unspecified atom stereocenters. The lowest BCUT2D eigenvalue weighted by Crippen LogP contribution is -2.07. The first-order valence-corrected chi connectivity index (χ1v) is 6.79. The van der Waals surface area contributed by atoms with Crippen LogP contribution in [-0.2, 0) is 0 Å². The second kappa shape index (κ2) is 4.42. The molecule has 0 radical (unpaired) electrons. The Balaban J connectivity index is 2.24. The number of nitrogens with zero attached hydrogens (tertiary/aromatic N) is 3. The van der Waals surface area contributed by atoms with Crippen LogP contribution in [0, 0.1) is 9.62 Å². The Morgan fingerprint density at radius 3 is 2.93 bits per heavy atom. The van der Waals surface area contributed by atoms with Crippen LogP contribution in [0.4, 0.5) is 5.13 Å². The van der Waals surface area contributed by atoms with E-state index in [4.69, 9.17) is 11.6 Å². The highest BCUT2D eigenvalue weighted by atomic mass is 127. The summed E-state index contributed by atoms with van der Waals surface area (Å²) >= 11 is 9.53. The summed E-state index contributed by atoms with van der Waals surface area (Å²) in [6.07, 6.45) is 0. The molecular formula is C8H10ClIN4S. The van der Waals surface area contributed by atoms with Gasteiger partial charge in [-0.1, -0.05) is 36.8 Å². The number of anilines is 1. The maximum Gasteiger partial charge on any atom is 0.216 e. The molecule has 2 rings (SSSR count). The third-order valence-corrected chi connectivity index (χ3v) is 4.19. The highest BCUT2D eigenvalue weighted by molar-refractivity contribution is 14.1. The monoisotopic (exact) mass is 356 g/mol. The smallest absolute Gasteiger partial charge is 0.216 e. The van der Waals surface area contributed by atoms with Crippen molar-refractivity contribution in [2.75, 3.05) is 11.9 Å². The number of imidazole rings is 1. The van der Waals surface area contributed by atoms with Gasteiger partial charge in [-0.2, -0.15) is 4.52 Å². The van der Waals surface area contributed by atoms with Crippen molar-refractivity contribution in [1.82, 2.24) is 14.6 Å². The van der Waals surface area contributed by atoms with E-state index in [0.717, 1.165) is 20.3 Å². The molecule has 0 saturated heterocycles. The summed E-state index contributed by atoms with van der Waals surface area (Å²) < 4.78 is 2.62. The van der Waals surface area contributed by atoms with Gasteiger partial charge in [0, 0.05) is 6.54 Å². The maximum atomic E-state index is 5.88. The molecular weight excluding hydrogens is 347 g/mol. The Hall–Kier alpha value is -0.0800. The van der Waals surface area contributed by atoms with Gasteiger partial charge in [-0.15, -0.1) is 5.10 Å². The van der Waals surface area contributed by atoms with Crippen molar-refractivity contribution in [2.24, 2.45) is 5.92 Å². The minimum Gasteiger partial charge on any atom is -0.360 e. The van der Waals surface area contributed by atoms with Crippen LogP contribution in [0.3, 0.4) is 0 Å².